The Kier molecular flexibility index (Phi) is 9.51. The number of allylic oxidation sites excluding steroid dienone is 1. The van der Waals surface area contributed by atoms with E-state index < -0.39 is 47.6 Å². The first-order valence-electron chi connectivity index (χ1n) is 17.4. The van der Waals surface area contributed by atoms with Crippen LogP contribution in [0.25, 0.3) is 21.7 Å². The molecule has 2 aliphatic heterocycles. The van der Waals surface area contributed by atoms with Crippen molar-refractivity contribution < 1.29 is 33.4 Å². The summed E-state index contributed by atoms with van der Waals surface area (Å²) < 4.78 is 19.7. The molecule has 2 aliphatic carbocycles. The topological polar surface area (TPSA) is 167 Å². The minimum Gasteiger partial charge on any atom is -0.471 e. The summed E-state index contributed by atoms with van der Waals surface area (Å²) in [4.78, 5) is 65.6. The third-order valence-electron chi connectivity index (χ3n) is 10.2. The van der Waals surface area contributed by atoms with Crippen molar-refractivity contribution in [3.05, 3.63) is 35.4 Å². The molecule has 1 saturated heterocycles. The van der Waals surface area contributed by atoms with Crippen molar-refractivity contribution in [2.45, 2.75) is 101 Å². The Morgan fingerprint density at radius 1 is 1.10 bits per heavy atom. The molecule has 3 fully saturated rings. The summed E-state index contributed by atoms with van der Waals surface area (Å²) in [7, 11) is 3.13. The summed E-state index contributed by atoms with van der Waals surface area (Å²) in [6.45, 7) is 1.96. The van der Waals surface area contributed by atoms with Crippen LogP contribution in [-0.2, 0) is 30.9 Å². The largest absolute Gasteiger partial charge is 0.471 e. The Bertz CT molecular complexity index is 1820. The van der Waals surface area contributed by atoms with Crippen LogP contribution in [0.5, 0.6) is 5.88 Å². The first-order chi connectivity index (χ1) is 24.1. The van der Waals surface area contributed by atoms with E-state index in [4.69, 9.17) is 24.2 Å². The molecule has 0 unspecified atom stereocenters. The maximum absolute atomic E-state index is 14.4. The van der Waals surface area contributed by atoms with Crippen LogP contribution in [0.4, 0.5) is 4.79 Å². The average molecular weight is 706 g/mol. The van der Waals surface area contributed by atoms with Gasteiger partial charge in [0.05, 0.1) is 24.9 Å². The van der Waals surface area contributed by atoms with Crippen LogP contribution in [0.3, 0.4) is 0 Å². The highest BCUT2D eigenvalue weighted by atomic mass is 32.1. The molecule has 0 radical (unpaired) electrons. The summed E-state index contributed by atoms with van der Waals surface area (Å²) in [5, 5.41) is 12.1. The molecule has 0 bridgehead atoms. The maximum Gasteiger partial charge on any atom is 0.408 e. The number of aryl methyl sites for hydroxylation is 2. The number of carbonyl (C=O) groups is 4. The molecule has 0 spiro atoms. The first kappa shape index (κ1) is 33.9. The lowest BCUT2D eigenvalue weighted by Gasteiger charge is -2.30. The van der Waals surface area contributed by atoms with Gasteiger partial charge in [-0.15, -0.1) is 11.3 Å². The Balaban J connectivity index is 1.19. The normalized spacial score (nSPS) is 27.3. The predicted octanol–water partition coefficient (Wildman–Crippen LogP) is 3.96. The van der Waals surface area contributed by atoms with E-state index in [1.165, 1.54) is 23.3 Å². The molecule has 266 valence electrons. The zero-order valence-corrected chi connectivity index (χ0v) is 29.4. The third-order valence-corrected chi connectivity index (χ3v) is 11.1. The fourth-order valence-electron chi connectivity index (χ4n) is 7.14. The molecule has 5 heterocycles. The van der Waals surface area contributed by atoms with Gasteiger partial charge in [-0.2, -0.15) is 10.1 Å². The molecular formula is C35H43N7O7S. The van der Waals surface area contributed by atoms with Gasteiger partial charge in [0.25, 0.3) is 0 Å². The average Bonchev–Trinajstić information content (AvgIpc) is 3.40. The standard InChI is InChI=1S/C35H43N7O7S/c1-20-16-26(41(2)40-20)29-36-24-14-15-50-28(24)31(38-29)48-23-17-27-30(43)39-35(33(45)47-3)18-21(35)10-7-5-4-6-8-13-25(32(44)42(27)19-23)37-34(46)49-22-11-9-12-22/h7,10,14-16,21-23,25,27H,4-6,8-9,11-13,17-19H2,1-3H3,(H,37,46)(H,39,43)/t21-,23-,25+,27+,35-/m1/s1. The zero-order valence-electron chi connectivity index (χ0n) is 28.6. The third kappa shape index (κ3) is 6.79. The van der Waals surface area contributed by atoms with Crippen LogP contribution < -0.4 is 15.4 Å². The van der Waals surface area contributed by atoms with E-state index in [9.17, 15) is 19.2 Å². The number of aromatic nitrogens is 4. The minimum absolute atomic E-state index is 0.0678. The number of amides is 3. The van der Waals surface area contributed by atoms with Gasteiger partial charge >= 0.3 is 12.1 Å². The van der Waals surface area contributed by atoms with Crippen molar-refractivity contribution in [1.82, 2.24) is 35.3 Å². The Hall–Kier alpha value is -4.53. The second kappa shape index (κ2) is 14.0. The van der Waals surface area contributed by atoms with E-state index in [1.54, 1.807) is 4.68 Å². The zero-order chi connectivity index (χ0) is 35.0. The molecule has 5 atom stereocenters. The lowest BCUT2D eigenvalue weighted by molar-refractivity contribution is -0.148. The number of thiophene rings is 1. The Morgan fingerprint density at radius 3 is 2.68 bits per heavy atom. The van der Waals surface area contributed by atoms with Crippen molar-refractivity contribution in [3.63, 3.8) is 0 Å². The van der Waals surface area contributed by atoms with E-state index >= 15 is 0 Å². The summed E-state index contributed by atoms with van der Waals surface area (Å²) >= 11 is 1.44. The number of carbonyl (C=O) groups excluding carboxylic acids is 4. The van der Waals surface area contributed by atoms with E-state index in [0.29, 0.717) is 36.5 Å². The Labute approximate surface area is 293 Å². The maximum atomic E-state index is 14.4. The van der Waals surface area contributed by atoms with Crippen molar-refractivity contribution in [3.8, 4) is 17.4 Å². The Morgan fingerprint density at radius 2 is 1.94 bits per heavy atom. The van der Waals surface area contributed by atoms with E-state index in [1.807, 2.05) is 43.6 Å². The van der Waals surface area contributed by atoms with Gasteiger partial charge in [0.1, 0.15) is 40.2 Å². The van der Waals surface area contributed by atoms with Gasteiger partial charge in [-0.3, -0.25) is 14.3 Å². The van der Waals surface area contributed by atoms with Gasteiger partial charge in [0, 0.05) is 19.4 Å². The number of methoxy groups -OCH3 is 1. The molecule has 2 saturated carbocycles. The molecule has 4 aliphatic rings. The number of esters is 1. The molecule has 15 heteroatoms. The smallest absolute Gasteiger partial charge is 0.408 e. The second-order valence-electron chi connectivity index (χ2n) is 13.7. The predicted molar refractivity (Wildman–Crippen MR) is 183 cm³/mol. The van der Waals surface area contributed by atoms with Gasteiger partial charge in [-0.05, 0) is 69.4 Å². The van der Waals surface area contributed by atoms with Gasteiger partial charge < -0.3 is 29.7 Å². The fraction of sp³-hybridized carbons (Fsp3) is 0.571. The van der Waals surface area contributed by atoms with Crippen LogP contribution in [-0.4, -0.2) is 92.0 Å². The van der Waals surface area contributed by atoms with Gasteiger partial charge in [0.15, 0.2) is 5.82 Å². The van der Waals surface area contributed by atoms with Crippen LogP contribution in [0, 0.1) is 12.8 Å². The van der Waals surface area contributed by atoms with Gasteiger partial charge in [-0.25, -0.2) is 14.6 Å². The fourth-order valence-corrected chi connectivity index (χ4v) is 7.90. The molecule has 50 heavy (non-hydrogen) atoms. The van der Waals surface area contributed by atoms with Gasteiger partial charge in [-0.1, -0.05) is 25.0 Å². The molecule has 2 N–H and O–H groups in total. The number of hydrogen-bond acceptors (Lipinski definition) is 11. The molecule has 14 nitrogen and oxygen atoms in total. The molecule has 7 rings (SSSR count). The molecule has 3 amide bonds. The highest BCUT2D eigenvalue weighted by molar-refractivity contribution is 7.17. The highest BCUT2D eigenvalue weighted by Gasteiger charge is 2.62. The lowest BCUT2D eigenvalue weighted by atomic mass is 9.96. The van der Waals surface area contributed by atoms with Crippen molar-refractivity contribution >= 4 is 45.4 Å². The first-order valence-corrected chi connectivity index (χ1v) is 18.3. The molecule has 3 aromatic heterocycles. The van der Waals surface area contributed by atoms with Crippen molar-refractivity contribution in [1.29, 1.82) is 0 Å². The number of hydrogen-bond donors (Lipinski definition) is 2. The summed E-state index contributed by atoms with van der Waals surface area (Å²) in [5.41, 5.74) is 1.05. The van der Waals surface area contributed by atoms with Crippen LogP contribution in [0.1, 0.15) is 69.9 Å². The number of nitrogens with one attached hydrogen (secondary N) is 2. The number of alkyl carbamates (subject to hydrolysis) is 1. The monoisotopic (exact) mass is 705 g/mol. The molecule has 3 aromatic rings. The number of ether oxygens (including phenoxy) is 3. The number of rotatable bonds is 6. The number of fused-ring (bicyclic) bond motifs is 3. The van der Waals surface area contributed by atoms with Gasteiger partial charge in [0.2, 0.25) is 17.7 Å². The van der Waals surface area contributed by atoms with Crippen molar-refractivity contribution in [2.24, 2.45) is 13.0 Å². The minimum atomic E-state index is -1.20. The van der Waals surface area contributed by atoms with Crippen LogP contribution in [0.2, 0.25) is 0 Å². The van der Waals surface area contributed by atoms with Crippen LogP contribution in [0.15, 0.2) is 29.7 Å². The molecule has 0 aromatic carbocycles. The van der Waals surface area contributed by atoms with Crippen molar-refractivity contribution in [2.75, 3.05) is 13.7 Å². The quantitative estimate of drug-likeness (QED) is 0.283. The number of nitrogens with zero attached hydrogens (tertiary/aromatic N) is 5. The second-order valence-corrected chi connectivity index (χ2v) is 14.7. The highest BCUT2D eigenvalue weighted by Crippen LogP contribution is 2.46. The summed E-state index contributed by atoms with van der Waals surface area (Å²) in [5.74, 6) is -0.824. The SMILES string of the molecule is COC(=O)[C@@]12C[C@H]1C=CCCCCC[C@H](NC(=O)OC1CCC1)C(=O)N1C[C@H](Oc3nc(-c4cc(C)nn4C)nc4ccsc34)C[C@H]1C(=O)N2. The van der Waals surface area contributed by atoms with E-state index in [2.05, 4.69) is 15.7 Å². The van der Waals surface area contributed by atoms with Crippen LogP contribution >= 0.6 is 11.3 Å². The van der Waals surface area contributed by atoms with E-state index in [0.717, 1.165) is 54.6 Å². The molecular weight excluding hydrogens is 662 g/mol. The lowest BCUT2D eigenvalue weighted by Crippen LogP contribution is -2.56. The summed E-state index contributed by atoms with van der Waals surface area (Å²) in [6.07, 6.45) is 9.39. The van der Waals surface area contributed by atoms with E-state index in [-0.39, 0.29) is 25.0 Å². The summed E-state index contributed by atoms with van der Waals surface area (Å²) in [6, 6.07) is 1.91.